The van der Waals surface area contributed by atoms with Gasteiger partial charge in [0, 0.05) is 72.9 Å². The van der Waals surface area contributed by atoms with Gasteiger partial charge in [-0.3, -0.25) is 9.78 Å². The van der Waals surface area contributed by atoms with Gasteiger partial charge in [-0.2, -0.15) is 9.97 Å². The number of carbonyl (C=O) groups excluding carboxylic acids is 1. The second-order valence-corrected chi connectivity index (χ2v) is 14.6. The van der Waals surface area contributed by atoms with Gasteiger partial charge in [0.1, 0.15) is 23.1 Å². The summed E-state index contributed by atoms with van der Waals surface area (Å²) in [5.74, 6) is 0.129. The first-order valence-corrected chi connectivity index (χ1v) is 17.9. The molecule has 5 heterocycles. The highest BCUT2D eigenvalue weighted by Gasteiger charge is 2.46. The summed E-state index contributed by atoms with van der Waals surface area (Å²) in [7, 11) is 0. The van der Waals surface area contributed by atoms with Crippen molar-refractivity contribution in [3.8, 4) is 17.3 Å². The van der Waals surface area contributed by atoms with Crippen molar-refractivity contribution in [2.24, 2.45) is 5.41 Å². The van der Waals surface area contributed by atoms with Crippen LogP contribution in [-0.4, -0.2) is 82.1 Å². The second-order valence-electron chi connectivity index (χ2n) is 14.2. The number of benzene rings is 2. The van der Waals surface area contributed by atoms with Crippen molar-refractivity contribution < 1.29 is 13.9 Å². The number of carbonyl (C=O) groups is 1. The lowest BCUT2D eigenvalue weighted by Crippen LogP contribution is -2.61. The van der Waals surface area contributed by atoms with Crippen LogP contribution in [0.15, 0.2) is 55.3 Å². The third-order valence-electron chi connectivity index (χ3n) is 11.3. The van der Waals surface area contributed by atoms with Crippen LogP contribution in [0.4, 0.5) is 10.2 Å². The second kappa shape index (κ2) is 12.9. The summed E-state index contributed by atoms with van der Waals surface area (Å²) in [5, 5.41) is 2.78. The molecule has 3 saturated heterocycles. The van der Waals surface area contributed by atoms with Gasteiger partial charge in [0.25, 0.3) is 0 Å². The van der Waals surface area contributed by atoms with E-state index in [0.717, 1.165) is 75.7 Å². The molecule has 1 spiro atoms. The number of amides is 1. The summed E-state index contributed by atoms with van der Waals surface area (Å²) in [5.41, 5.74) is 1.14. The molecular formula is C38H42ClFN6O2. The number of fused-ring (bicyclic) bond motifs is 2. The summed E-state index contributed by atoms with van der Waals surface area (Å²) in [6.07, 6.45) is 13.3. The van der Waals surface area contributed by atoms with Crippen molar-refractivity contribution in [1.82, 2.24) is 24.8 Å². The average molecular weight is 669 g/mol. The van der Waals surface area contributed by atoms with E-state index in [4.69, 9.17) is 26.3 Å². The number of likely N-dealkylation sites (tertiary alicyclic amines) is 2. The number of pyridine rings is 1. The van der Waals surface area contributed by atoms with Gasteiger partial charge in [-0.25, -0.2) is 4.39 Å². The van der Waals surface area contributed by atoms with Crippen molar-refractivity contribution in [3.63, 3.8) is 0 Å². The number of aromatic nitrogens is 3. The highest BCUT2D eigenvalue weighted by atomic mass is 35.5. The lowest BCUT2D eigenvalue weighted by atomic mass is 9.72. The van der Waals surface area contributed by atoms with E-state index in [1.165, 1.54) is 38.2 Å². The van der Waals surface area contributed by atoms with Gasteiger partial charge in [-0.15, -0.1) is 0 Å². The van der Waals surface area contributed by atoms with Crippen LogP contribution in [-0.2, 0) is 4.79 Å². The van der Waals surface area contributed by atoms with E-state index < -0.39 is 5.82 Å². The van der Waals surface area contributed by atoms with E-state index in [0.29, 0.717) is 27.8 Å². The van der Waals surface area contributed by atoms with E-state index >= 15 is 4.39 Å². The Bertz CT molecular complexity index is 1850. The molecule has 4 fully saturated rings. The molecular weight excluding hydrogens is 627 g/mol. The Morgan fingerprint density at radius 1 is 0.979 bits per heavy atom. The topological polar surface area (TPSA) is 74.7 Å². The Hall–Kier alpha value is -3.82. The van der Waals surface area contributed by atoms with Crippen LogP contribution >= 0.6 is 11.6 Å². The minimum Gasteiger partial charge on any atom is -0.460 e. The molecule has 10 heteroatoms. The van der Waals surface area contributed by atoms with Crippen LogP contribution in [0, 0.1) is 11.2 Å². The molecule has 2 aromatic heterocycles. The average Bonchev–Trinajstić information content (AvgIpc) is 3.11. The monoisotopic (exact) mass is 668 g/mol. The van der Waals surface area contributed by atoms with Crippen LogP contribution in [0.5, 0.6) is 6.01 Å². The van der Waals surface area contributed by atoms with Gasteiger partial charge in [-0.1, -0.05) is 67.8 Å². The lowest BCUT2D eigenvalue weighted by Gasteiger charge is -2.53. The summed E-state index contributed by atoms with van der Waals surface area (Å²) in [6.45, 7) is 8.61. The standard InChI is InChI=1S/C38H42ClFN6O2/c1-2-31(47)46-23-38(24-46)16-20-45(21-17-38)36-29-22-41-34(28-12-6-8-25-9-7-13-30(39)32(25)28)33(40)35(29)42-37(43-36)48-27-14-18-44(19-15-27)26-10-4-3-5-11-26/h2,6-9,12-13,22,26-27H,1,3-5,10-11,14-21,23-24H2. The minimum atomic E-state index is -0.508. The Morgan fingerprint density at radius 2 is 1.71 bits per heavy atom. The first kappa shape index (κ1) is 31.4. The molecule has 250 valence electrons. The number of rotatable bonds is 6. The van der Waals surface area contributed by atoms with Crippen molar-refractivity contribution in [3.05, 3.63) is 66.1 Å². The Labute approximate surface area is 285 Å². The lowest BCUT2D eigenvalue weighted by molar-refractivity contribution is -0.139. The van der Waals surface area contributed by atoms with Crippen molar-refractivity contribution in [2.75, 3.05) is 44.2 Å². The molecule has 0 N–H and O–H groups in total. The molecule has 0 radical (unpaired) electrons. The van der Waals surface area contributed by atoms with Crippen molar-refractivity contribution in [1.29, 1.82) is 0 Å². The number of piperidine rings is 2. The molecule has 1 amide bonds. The van der Waals surface area contributed by atoms with E-state index in [1.54, 1.807) is 6.20 Å². The number of halogens is 2. The molecule has 8 rings (SSSR count). The van der Waals surface area contributed by atoms with Crippen LogP contribution in [0.25, 0.3) is 32.9 Å². The van der Waals surface area contributed by atoms with Crippen LogP contribution in [0.1, 0.15) is 57.8 Å². The molecule has 0 bridgehead atoms. The van der Waals surface area contributed by atoms with Crippen LogP contribution in [0.2, 0.25) is 5.02 Å². The SMILES string of the molecule is C=CC(=O)N1CC2(CCN(c3nc(OC4CCN(C5CCCCC5)CC4)nc4c(F)c(-c5cccc6cccc(Cl)c56)ncc34)CC2)C1. The van der Waals surface area contributed by atoms with Gasteiger partial charge in [0.05, 0.1) is 5.39 Å². The quantitative estimate of drug-likeness (QED) is 0.198. The van der Waals surface area contributed by atoms with Crippen LogP contribution in [0.3, 0.4) is 0 Å². The Morgan fingerprint density at radius 3 is 2.44 bits per heavy atom. The molecule has 1 saturated carbocycles. The molecule has 3 aliphatic heterocycles. The summed E-state index contributed by atoms with van der Waals surface area (Å²) in [4.78, 5) is 33.2. The first-order chi connectivity index (χ1) is 23.4. The van der Waals surface area contributed by atoms with Gasteiger partial charge in [0.2, 0.25) is 5.91 Å². The minimum absolute atomic E-state index is 0.0129. The maximum Gasteiger partial charge on any atom is 0.319 e. The zero-order valence-electron chi connectivity index (χ0n) is 27.3. The van der Waals surface area contributed by atoms with E-state index in [-0.39, 0.29) is 34.6 Å². The summed E-state index contributed by atoms with van der Waals surface area (Å²) in [6, 6.07) is 12.3. The Kier molecular flexibility index (Phi) is 8.45. The zero-order valence-corrected chi connectivity index (χ0v) is 28.1. The molecule has 2 aromatic carbocycles. The highest BCUT2D eigenvalue weighted by molar-refractivity contribution is 6.36. The van der Waals surface area contributed by atoms with Gasteiger partial charge >= 0.3 is 6.01 Å². The summed E-state index contributed by atoms with van der Waals surface area (Å²) < 4.78 is 23.3. The third-order valence-corrected chi connectivity index (χ3v) is 11.6. The van der Waals surface area contributed by atoms with Crippen molar-refractivity contribution >= 4 is 45.0 Å². The maximum atomic E-state index is 16.8. The molecule has 4 aliphatic rings. The van der Waals surface area contributed by atoms with Gasteiger partial charge in [0.15, 0.2) is 5.82 Å². The molecule has 0 atom stereocenters. The van der Waals surface area contributed by atoms with Crippen LogP contribution < -0.4 is 9.64 Å². The molecule has 48 heavy (non-hydrogen) atoms. The Balaban J connectivity index is 1.11. The third kappa shape index (κ3) is 5.79. The predicted molar refractivity (Wildman–Crippen MR) is 188 cm³/mol. The van der Waals surface area contributed by atoms with E-state index in [1.807, 2.05) is 41.3 Å². The number of anilines is 1. The normalized spacial score (nSPS) is 20.7. The molecule has 8 nitrogen and oxygen atoms in total. The van der Waals surface area contributed by atoms with Crippen molar-refractivity contribution in [2.45, 2.75) is 69.9 Å². The molecule has 4 aromatic rings. The fourth-order valence-electron chi connectivity index (χ4n) is 8.51. The number of hydrogen-bond donors (Lipinski definition) is 0. The van der Waals surface area contributed by atoms with Gasteiger partial charge < -0.3 is 19.4 Å². The number of nitrogens with zero attached hydrogens (tertiary/aromatic N) is 6. The fraction of sp³-hybridized carbons (Fsp3) is 0.474. The molecule has 0 unspecified atom stereocenters. The van der Waals surface area contributed by atoms with E-state index in [2.05, 4.69) is 21.4 Å². The smallest absolute Gasteiger partial charge is 0.319 e. The fourth-order valence-corrected chi connectivity index (χ4v) is 8.79. The largest absolute Gasteiger partial charge is 0.460 e. The maximum absolute atomic E-state index is 16.8. The van der Waals surface area contributed by atoms with Gasteiger partial charge in [-0.05, 0) is 56.1 Å². The summed E-state index contributed by atoms with van der Waals surface area (Å²) >= 11 is 6.64. The molecule has 1 aliphatic carbocycles. The highest BCUT2D eigenvalue weighted by Crippen LogP contribution is 2.43. The number of hydrogen-bond acceptors (Lipinski definition) is 7. The van der Waals surface area contributed by atoms with E-state index in [9.17, 15) is 4.79 Å². The predicted octanol–water partition coefficient (Wildman–Crippen LogP) is 7.43. The number of ether oxygens (including phenoxy) is 1. The first-order valence-electron chi connectivity index (χ1n) is 17.5. The zero-order chi connectivity index (χ0) is 32.8.